The molecule has 27 heavy (non-hydrogen) atoms. The number of carboxylic acid groups (broad SMARTS) is 1. The number of carbonyl (C=O) groups excluding carboxylic acids is 1. The Hall–Kier alpha value is -2.19. The van der Waals surface area contributed by atoms with Crippen LogP contribution in [0.25, 0.3) is 5.57 Å². The molecule has 2 rings (SSSR count). The predicted molar refractivity (Wildman–Crippen MR) is 102 cm³/mol. The number of hydrogen-bond donors (Lipinski definition) is 2. The molecule has 0 radical (unpaired) electrons. The highest BCUT2D eigenvalue weighted by Gasteiger charge is 2.53. The van der Waals surface area contributed by atoms with Crippen LogP contribution >= 0.6 is 0 Å². The second-order valence-electron chi connectivity index (χ2n) is 7.58. The Labute approximate surface area is 158 Å². The van der Waals surface area contributed by atoms with E-state index >= 15 is 0 Å². The highest BCUT2D eigenvalue weighted by Crippen LogP contribution is 2.40. The van der Waals surface area contributed by atoms with Crippen LogP contribution in [0.1, 0.15) is 53.0 Å². The molecule has 1 amide bonds. The summed E-state index contributed by atoms with van der Waals surface area (Å²) in [4.78, 5) is 22.2. The number of aliphatic carboxylic acids is 1. The molecule has 1 aliphatic heterocycles. The Morgan fingerprint density at radius 1 is 1.07 bits per heavy atom. The van der Waals surface area contributed by atoms with E-state index in [2.05, 4.69) is 5.32 Å². The maximum absolute atomic E-state index is 14.9. The van der Waals surface area contributed by atoms with E-state index in [1.807, 2.05) is 27.7 Å². The number of anilines is 1. The lowest BCUT2D eigenvalue weighted by molar-refractivity contribution is -0.138. The lowest BCUT2D eigenvalue weighted by Gasteiger charge is -2.32. The first kappa shape index (κ1) is 21.1. The fourth-order valence-electron chi connectivity index (χ4n) is 2.51. The van der Waals surface area contributed by atoms with E-state index in [1.165, 1.54) is 0 Å². The van der Waals surface area contributed by atoms with E-state index in [9.17, 15) is 14.0 Å². The van der Waals surface area contributed by atoms with Crippen molar-refractivity contribution in [2.75, 3.05) is 5.32 Å². The summed E-state index contributed by atoms with van der Waals surface area (Å²) < 4.78 is 26.3. The molecule has 0 unspecified atom stereocenters. The van der Waals surface area contributed by atoms with Gasteiger partial charge in [0.05, 0.1) is 17.6 Å². The maximum Gasteiger partial charge on any atom is 0.525 e. The Kier molecular flexibility index (Phi) is 6.12. The molecular formula is C19H25BFNO5. The van der Waals surface area contributed by atoms with Crippen molar-refractivity contribution < 1.29 is 28.4 Å². The molecule has 2 N–H and O–H groups in total. The molecule has 1 fully saturated rings. The first-order valence-electron chi connectivity index (χ1n) is 8.77. The smallest absolute Gasteiger partial charge is 0.481 e. The molecule has 1 aromatic rings. The third-order valence-electron chi connectivity index (χ3n) is 4.99. The Morgan fingerprint density at radius 3 is 2.07 bits per heavy atom. The van der Waals surface area contributed by atoms with Gasteiger partial charge in [-0.25, -0.2) is 4.39 Å². The summed E-state index contributed by atoms with van der Waals surface area (Å²) >= 11 is 0. The van der Waals surface area contributed by atoms with Crippen molar-refractivity contribution in [3.8, 4) is 0 Å². The minimum atomic E-state index is -1.06. The first-order chi connectivity index (χ1) is 12.4. The summed E-state index contributed by atoms with van der Waals surface area (Å²) in [5, 5.41) is 11.2. The van der Waals surface area contributed by atoms with Gasteiger partial charge in [0.1, 0.15) is 5.73 Å². The Bertz CT molecular complexity index is 742. The van der Waals surface area contributed by atoms with Gasteiger partial charge >= 0.3 is 13.1 Å². The Morgan fingerprint density at radius 2 is 1.59 bits per heavy atom. The number of rotatable bonds is 6. The molecular weight excluding hydrogens is 352 g/mol. The summed E-state index contributed by atoms with van der Waals surface area (Å²) in [5.41, 5.74) is -0.216. The van der Waals surface area contributed by atoms with Gasteiger partial charge in [0.15, 0.2) is 0 Å². The third-order valence-corrected chi connectivity index (χ3v) is 4.99. The molecule has 8 heteroatoms. The number of benzene rings is 1. The van der Waals surface area contributed by atoms with Crippen LogP contribution in [0.5, 0.6) is 0 Å². The van der Waals surface area contributed by atoms with Crippen molar-refractivity contribution in [3.05, 3.63) is 35.6 Å². The van der Waals surface area contributed by atoms with E-state index in [-0.39, 0.29) is 18.7 Å². The van der Waals surface area contributed by atoms with E-state index in [0.717, 1.165) is 0 Å². The molecule has 1 aliphatic rings. The number of carboxylic acids is 1. The van der Waals surface area contributed by atoms with Crippen LogP contribution < -0.4 is 5.32 Å². The molecule has 0 atom stereocenters. The zero-order valence-corrected chi connectivity index (χ0v) is 16.3. The van der Waals surface area contributed by atoms with Gasteiger partial charge in [-0.05, 0) is 57.9 Å². The van der Waals surface area contributed by atoms with Crippen molar-refractivity contribution in [1.29, 1.82) is 0 Å². The van der Waals surface area contributed by atoms with Crippen LogP contribution in [0.4, 0.5) is 10.1 Å². The number of hydrogen-bond acceptors (Lipinski definition) is 4. The van der Waals surface area contributed by atoms with Gasteiger partial charge in [-0.15, -0.1) is 0 Å². The molecule has 1 saturated heterocycles. The summed E-state index contributed by atoms with van der Waals surface area (Å²) in [6.45, 7) is 9.07. The normalized spacial score (nSPS) is 18.8. The van der Waals surface area contributed by atoms with Crippen LogP contribution in [-0.4, -0.2) is 35.3 Å². The molecule has 0 spiro atoms. The molecule has 0 aliphatic carbocycles. The van der Waals surface area contributed by atoms with E-state index in [4.69, 9.17) is 14.4 Å². The topological polar surface area (TPSA) is 84.9 Å². The number of nitrogens with one attached hydrogen (secondary N) is 1. The van der Waals surface area contributed by atoms with Crippen LogP contribution in [0.15, 0.2) is 30.0 Å². The zero-order valence-electron chi connectivity index (χ0n) is 16.3. The fraction of sp³-hybridized carbons (Fsp3) is 0.474. The lowest BCUT2D eigenvalue weighted by atomic mass is 9.83. The average molecular weight is 377 g/mol. The van der Waals surface area contributed by atoms with Crippen molar-refractivity contribution >= 4 is 30.3 Å². The van der Waals surface area contributed by atoms with E-state index in [0.29, 0.717) is 16.8 Å². The molecule has 1 aromatic carbocycles. The molecule has 6 nitrogen and oxygen atoms in total. The molecule has 1 heterocycles. The van der Waals surface area contributed by atoms with Crippen molar-refractivity contribution in [3.63, 3.8) is 0 Å². The quantitative estimate of drug-likeness (QED) is 0.737. The van der Waals surface area contributed by atoms with E-state index in [1.54, 1.807) is 31.2 Å². The van der Waals surface area contributed by atoms with Crippen molar-refractivity contribution in [2.45, 2.75) is 58.7 Å². The van der Waals surface area contributed by atoms with Crippen LogP contribution in [0, 0.1) is 0 Å². The minimum Gasteiger partial charge on any atom is -0.481 e. The van der Waals surface area contributed by atoms with Gasteiger partial charge < -0.3 is 19.7 Å². The second kappa shape index (κ2) is 7.82. The monoisotopic (exact) mass is 377 g/mol. The highest BCUT2D eigenvalue weighted by atomic mass is 19.1. The predicted octanol–water partition coefficient (Wildman–Crippen LogP) is 3.82. The molecule has 146 valence electrons. The van der Waals surface area contributed by atoms with Gasteiger partial charge in [0, 0.05) is 12.1 Å². The first-order valence-corrected chi connectivity index (χ1v) is 8.77. The largest absolute Gasteiger partial charge is 0.525 e. The van der Waals surface area contributed by atoms with Crippen molar-refractivity contribution in [1.82, 2.24) is 0 Å². The van der Waals surface area contributed by atoms with Crippen molar-refractivity contribution in [2.24, 2.45) is 0 Å². The zero-order chi connectivity index (χ0) is 20.4. The van der Waals surface area contributed by atoms with Crippen LogP contribution in [0.2, 0.25) is 0 Å². The summed E-state index contributed by atoms with van der Waals surface area (Å²) in [5.74, 6) is -1.42. The standard InChI is InChI=1S/C19H25BFNO5/c1-12(17(21)20-26-18(2,3)19(4,5)27-20)13-6-8-14(9-7-13)22-15(23)10-11-16(24)25/h6-9H,10-11H2,1-5H3,(H,22,23)(H,24,25). The van der Waals surface area contributed by atoms with E-state index < -0.39 is 30.0 Å². The SMILES string of the molecule is CC(=C(F)B1OC(C)(C)C(C)(C)O1)c1ccc(NC(=O)CCC(=O)O)cc1. The Balaban J connectivity index is 2.08. The van der Waals surface area contributed by atoms with Crippen LogP contribution in [0.3, 0.4) is 0 Å². The van der Waals surface area contributed by atoms with Gasteiger partial charge in [-0.1, -0.05) is 12.1 Å². The van der Waals surface area contributed by atoms with Gasteiger partial charge in [0.2, 0.25) is 5.91 Å². The number of carbonyl (C=O) groups is 2. The number of allylic oxidation sites excluding steroid dienone is 1. The van der Waals surface area contributed by atoms with Gasteiger partial charge in [-0.3, -0.25) is 9.59 Å². The second-order valence-corrected chi connectivity index (χ2v) is 7.58. The minimum absolute atomic E-state index is 0.105. The lowest BCUT2D eigenvalue weighted by Crippen LogP contribution is -2.41. The summed E-state index contributed by atoms with van der Waals surface area (Å²) in [6, 6.07) is 6.62. The number of amides is 1. The molecule has 0 bridgehead atoms. The van der Waals surface area contributed by atoms with Crippen LogP contribution in [-0.2, 0) is 18.9 Å². The number of halogens is 1. The molecule has 0 saturated carbocycles. The summed E-state index contributed by atoms with van der Waals surface area (Å²) in [7, 11) is -1.06. The fourth-order valence-corrected chi connectivity index (χ4v) is 2.51. The maximum atomic E-state index is 14.9. The van der Waals surface area contributed by atoms with Gasteiger partial charge in [0.25, 0.3) is 0 Å². The molecule has 0 aromatic heterocycles. The highest BCUT2D eigenvalue weighted by molar-refractivity contribution is 6.55. The third kappa shape index (κ3) is 4.96. The summed E-state index contributed by atoms with van der Waals surface area (Å²) in [6.07, 6.45) is -0.336. The average Bonchev–Trinajstić information content (AvgIpc) is 2.80. The van der Waals surface area contributed by atoms with Gasteiger partial charge in [-0.2, -0.15) is 0 Å².